The summed E-state index contributed by atoms with van der Waals surface area (Å²) in [6.07, 6.45) is 1.64. The van der Waals surface area contributed by atoms with Gasteiger partial charge in [0.25, 0.3) is 0 Å². The molecular weight excluding hydrogens is 337 g/mol. The van der Waals surface area contributed by atoms with Crippen molar-refractivity contribution in [2.75, 3.05) is 11.9 Å². The van der Waals surface area contributed by atoms with Gasteiger partial charge in [-0.25, -0.2) is 0 Å². The Labute approximate surface area is 144 Å². The highest BCUT2D eigenvalue weighted by atomic mass is 35.5. The van der Waals surface area contributed by atoms with Crippen LogP contribution in [0.1, 0.15) is 12.6 Å². The minimum absolute atomic E-state index is 0.0924. The van der Waals surface area contributed by atoms with Gasteiger partial charge in [-0.15, -0.1) is 0 Å². The van der Waals surface area contributed by atoms with Crippen molar-refractivity contribution < 1.29 is 9.59 Å². The molecule has 0 radical (unpaired) electrons. The minimum Gasteiger partial charge on any atom is -0.328 e. The van der Waals surface area contributed by atoms with Gasteiger partial charge in [-0.1, -0.05) is 29.3 Å². The van der Waals surface area contributed by atoms with E-state index < -0.39 is 0 Å². The van der Waals surface area contributed by atoms with Gasteiger partial charge in [-0.2, -0.15) is 0 Å². The number of benzene rings is 1. The maximum Gasteiger partial charge on any atom is 0.244 e. The van der Waals surface area contributed by atoms with Crippen LogP contribution in [0.2, 0.25) is 10.0 Å². The van der Waals surface area contributed by atoms with Gasteiger partial charge in [0.2, 0.25) is 11.8 Å². The van der Waals surface area contributed by atoms with E-state index in [-0.39, 0.29) is 24.9 Å². The molecule has 0 bridgehead atoms. The zero-order valence-corrected chi connectivity index (χ0v) is 13.9. The van der Waals surface area contributed by atoms with E-state index in [1.54, 1.807) is 30.5 Å². The fraction of sp³-hybridized carbons (Fsp3) is 0.188. The Kier molecular flexibility index (Phi) is 5.96. The van der Waals surface area contributed by atoms with E-state index in [0.717, 1.165) is 0 Å². The normalized spacial score (nSPS) is 10.2. The Morgan fingerprint density at radius 3 is 2.61 bits per heavy atom. The second kappa shape index (κ2) is 7.94. The molecular formula is C16H15Cl2N3O2. The molecule has 0 aliphatic heterocycles. The molecule has 2 aromatic rings. The summed E-state index contributed by atoms with van der Waals surface area (Å²) < 4.78 is 0. The van der Waals surface area contributed by atoms with Crippen LogP contribution in [-0.4, -0.2) is 28.2 Å². The molecule has 120 valence electrons. The maximum atomic E-state index is 12.1. The molecule has 5 nitrogen and oxygen atoms in total. The largest absolute Gasteiger partial charge is 0.328 e. The Balaban J connectivity index is 2.02. The number of hydrogen-bond donors (Lipinski definition) is 1. The van der Waals surface area contributed by atoms with Crippen LogP contribution in [0, 0.1) is 0 Å². The van der Waals surface area contributed by atoms with Gasteiger partial charge in [-0.3, -0.25) is 14.6 Å². The molecule has 0 fully saturated rings. The Bertz CT molecular complexity index is 708. The Hall–Kier alpha value is -2.11. The lowest BCUT2D eigenvalue weighted by Crippen LogP contribution is -2.36. The topological polar surface area (TPSA) is 62.3 Å². The van der Waals surface area contributed by atoms with Gasteiger partial charge < -0.3 is 10.2 Å². The van der Waals surface area contributed by atoms with Crippen molar-refractivity contribution in [2.45, 2.75) is 13.5 Å². The first-order chi connectivity index (χ1) is 11.0. The molecule has 1 aromatic carbocycles. The molecule has 2 amide bonds. The second-order valence-corrected chi connectivity index (χ2v) is 5.71. The first-order valence-electron chi connectivity index (χ1n) is 6.86. The molecule has 0 saturated carbocycles. The predicted octanol–water partition coefficient (Wildman–Crippen LogP) is 3.38. The molecule has 0 aliphatic rings. The van der Waals surface area contributed by atoms with Crippen molar-refractivity contribution in [2.24, 2.45) is 0 Å². The number of carbonyl (C=O) groups is 2. The highest BCUT2D eigenvalue weighted by Gasteiger charge is 2.15. The fourth-order valence-corrected chi connectivity index (χ4v) is 2.38. The van der Waals surface area contributed by atoms with E-state index in [2.05, 4.69) is 10.3 Å². The monoisotopic (exact) mass is 351 g/mol. The summed E-state index contributed by atoms with van der Waals surface area (Å²) in [6, 6.07) is 10.2. The lowest BCUT2D eigenvalue weighted by molar-refractivity contribution is -0.133. The number of anilines is 1. The first-order valence-corrected chi connectivity index (χ1v) is 7.61. The number of nitrogens with zero attached hydrogens (tertiary/aromatic N) is 2. The van der Waals surface area contributed by atoms with Crippen LogP contribution >= 0.6 is 23.2 Å². The average molecular weight is 352 g/mol. The van der Waals surface area contributed by atoms with Crippen LogP contribution < -0.4 is 5.32 Å². The molecule has 7 heteroatoms. The molecule has 1 N–H and O–H groups in total. The number of nitrogens with one attached hydrogen (secondary N) is 1. The molecule has 1 aromatic heterocycles. The van der Waals surface area contributed by atoms with Gasteiger partial charge in [-0.05, 0) is 30.3 Å². The van der Waals surface area contributed by atoms with Crippen molar-refractivity contribution in [1.29, 1.82) is 0 Å². The SMILES string of the molecule is CC(=O)N(CC(=O)Nc1ccc(Cl)cc1Cl)Cc1ccccn1. The Morgan fingerprint density at radius 2 is 2.00 bits per heavy atom. The lowest BCUT2D eigenvalue weighted by Gasteiger charge is -2.20. The van der Waals surface area contributed by atoms with E-state index in [1.807, 2.05) is 6.07 Å². The van der Waals surface area contributed by atoms with E-state index in [9.17, 15) is 9.59 Å². The van der Waals surface area contributed by atoms with Crippen molar-refractivity contribution >= 4 is 40.7 Å². The van der Waals surface area contributed by atoms with E-state index in [0.29, 0.717) is 21.4 Å². The quantitative estimate of drug-likeness (QED) is 0.897. The maximum absolute atomic E-state index is 12.1. The smallest absolute Gasteiger partial charge is 0.244 e. The predicted molar refractivity (Wildman–Crippen MR) is 90.4 cm³/mol. The molecule has 1 heterocycles. The third kappa shape index (κ3) is 5.23. The van der Waals surface area contributed by atoms with Crippen LogP contribution in [0.5, 0.6) is 0 Å². The number of rotatable bonds is 5. The van der Waals surface area contributed by atoms with Crippen LogP contribution in [-0.2, 0) is 16.1 Å². The minimum atomic E-state index is -0.347. The third-order valence-electron chi connectivity index (χ3n) is 3.06. The van der Waals surface area contributed by atoms with Crippen molar-refractivity contribution in [3.8, 4) is 0 Å². The van der Waals surface area contributed by atoms with Crippen LogP contribution in [0.25, 0.3) is 0 Å². The zero-order chi connectivity index (χ0) is 16.8. The summed E-state index contributed by atoms with van der Waals surface area (Å²) in [6.45, 7) is 1.58. The van der Waals surface area contributed by atoms with Crippen LogP contribution in [0.4, 0.5) is 5.69 Å². The summed E-state index contributed by atoms with van der Waals surface area (Å²) in [4.78, 5) is 29.4. The first kappa shape index (κ1) is 17.2. The van der Waals surface area contributed by atoms with E-state index >= 15 is 0 Å². The summed E-state index contributed by atoms with van der Waals surface area (Å²) >= 11 is 11.8. The van der Waals surface area contributed by atoms with Gasteiger partial charge in [0.15, 0.2) is 0 Å². The van der Waals surface area contributed by atoms with Gasteiger partial charge >= 0.3 is 0 Å². The van der Waals surface area contributed by atoms with E-state index in [4.69, 9.17) is 23.2 Å². The molecule has 23 heavy (non-hydrogen) atoms. The van der Waals surface area contributed by atoms with Crippen LogP contribution in [0.3, 0.4) is 0 Å². The van der Waals surface area contributed by atoms with Crippen molar-refractivity contribution in [3.05, 3.63) is 58.3 Å². The molecule has 0 aliphatic carbocycles. The van der Waals surface area contributed by atoms with Gasteiger partial charge in [0.1, 0.15) is 6.54 Å². The van der Waals surface area contributed by atoms with Gasteiger partial charge in [0.05, 0.1) is 22.9 Å². The Morgan fingerprint density at radius 1 is 1.22 bits per heavy atom. The average Bonchev–Trinajstić information content (AvgIpc) is 2.50. The third-order valence-corrected chi connectivity index (χ3v) is 3.61. The standard InChI is InChI=1S/C16H15Cl2N3O2/c1-11(22)21(9-13-4-2-3-7-19-13)10-16(23)20-15-6-5-12(17)8-14(15)18/h2-8H,9-10H2,1H3,(H,20,23). The number of amides is 2. The lowest BCUT2D eigenvalue weighted by atomic mass is 10.3. The highest BCUT2D eigenvalue weighted by molar-refractivity contribution is 6.36. The fourth-order valence-electron chi connectivity index (χ4n) is 1.92. The number of pyridine rings is 1. The summed E-state index contributed by atoms with van der Waals surface area (Å²) in [5.41, 5.74) is 1.16. The molecule has 0 spiro atoms. The number of carbonyl (C=O) groups excluding carboxylic acids is 2. The van der Waals surface area contributed by atoms with E-state index in [1.165, 1.54) is 17.9 Å². The summed E-state index contributed by atoms with van der Waals surface area (Å²) in [5, 5.41) is 3.48. The number of aromatic nitrogens is 1. The highest BCUT2D eigenvalue weighted by Crippen LogP contribution is 2.25. The molecule has 0 atom stereocenters. The molecule has 2 rings (SSSR count). The number of halogens is 2. The number of hydrogen-bond acceptors (Lipinski definition) is 3. The van der Waals surface area contributed by atoms with Crippen molar-refractivity contribution in [3.63, 3.8) is 0 Å². The van der Waals surface area contributed by atoms with Gasteiger partial charge in [0, 0.05) is 18.1 Å². The second-order valence-electron chi connectivity index (χ2n) is 4.87. The molecule has 0 unspecified atom stereocenters. The summed E-state index contributed by atoms with van der Waals surface area (Å²) in [7, 11) is 0. The summed E-state index contributed by atoms with van der Waals surface area (Å²) in [5.74, 6) is -0.562. The van der Waals surface area contributed by atoms with Crippen LogP contribution in [0.15, 0.2) is 42.6 Å². The molecule has 0 saturated heterocycles. The zero-order valence-electron chi connectivity index (χ0n) is 12.4. The van der Waals surface area contributed by atoms with Crippen molar-refractivity contribution in [1.82, 2.24) is 9.88 Å².